The number of rotatable bonds is 5. The first-order valence-corrected chi connectivity index (χ1v) is 8.85. The number of pyridine rings is 1. The van der Waals surface area contributed by atoms with Crippen LogP contribution in [0.4, 0.5) is 5.82 Å². The molecule has 25 heavy (non-hydrogen) atoms. The van der Waals surface area contributed by atoms with Gasteiger partial charge in [-0.25, -0.2) is 15.0 Å². The predicted molar refractivity (Wildman–Crippen MR) is 97.2 cm³/mol. The molecule has 1 unspecified atom stereocenters. The van der Waals surface area contributed by atoms with Crippen molar-refractivity contribution < 1.29 is 0 Å². The van der Waals surface area contributed by atoms with Crippen LogP contribution in [0, 0.1) is 0 Å². The van der Waals surface area contributed by atoms with Gasteiger partial charge in [-0.1, -0.05) is 13.0 Å². The minimum Gasteiger partial charge on any atom is -0.352 e. The summed E-state index contributed by atoms with van der Waals surface area (Å²) < 4.78 is 2.14. The molecule has 1 fully saturated rings. The van der Waals surface area contributed by atoms with Crippen LogP contribution in [0.1, 0.15) is 25.5 Å². The summed E-state index contributed by atoms with van der Waals surface area (Å²) in [5.41, 5.74) is 1.88. The maximum Gasteiger partial charge on any atom is 0.180 e. The van der Waals surface area contributed by atoms with Gasteiger partial charge in [0.15, 0.2) is 5.82 Å². The number of aromatic nitrogens is 5. The number of hydrogen-bond acceptors (Lipinski definition) is 5. The Morgan fingerprint density at radius 3 is 2.92 bits per heavy atom. The zero-order valence-electron chi connectivity index (χ0n) is 14.4. The molecule has 6 nitrogen and oxygen atoms in total. The van der Waals surface area contributed by atoms with E-state index in [0.717, 1.165) is 36.7 Å². The molecule has 6 heteroatoms. The molecule has 0 radical (unpaired) electrons. The van der Waals surface area contributed by atoms with Gasteiger partial charge in [0.2, 0.25) is 0 Å². The van der Waals surface area contributed by atoms with Crippen molar-refractivity contribution in [3.63, 3.8) is 0 Å². The van der Waals surface area contributed by atoms with E-state index in [1.54, 1.807) is 6.20 Å². The van der Waals surface area contributed by atoms with E-state index in [4.69, 9.17) is 4.98 Å². The molecule has 1 saturated heterocycles. The van der Waals surface area contributed by atoms with Crippen molar-refractivity contribution in [2.75, 3.05) is 11.4 Å². The van der Waals surface area contributed by atoms with Crippen molar-refractivity contribution in [2.24, 2.45) is 0 Å². The highest BCUT2D eigenvalue weighted by Crippen LogP contribution is 2.27. The molecule has 4 rings (SSSR count). The van der Waals surface area contributed by atoms with Crippen LogP contribution < -0.4 is 4.90 Å². The standard InChI is InChI=1S/C19H22N6/c1-2-15-12-18(23-19(22-15)17-7-3-4-8-21-17)25-10-5-6-16(25)13-24-11-9-20-14-24/h3-4,7-9,11-12,14,16H,2,5-6,10,13H2,1H3. The Balaban J connectivity index is 1.66. The maximum absolute atomic E-state index is 4.84. The van der Waals surface area contributed by atoms with Crippen LogP contribution in [0.5, 0.6) is 0 Å². The molecule has 128 valence electrons. The Bertz CT molecular complexity index is 815. The summed E-state index contributed by atoms with van der Waals surface area (Å²) in [6.07, 6.45) is 10.8. The van der Waals surface area contributed by atoms with Gasteiger partial charge in [0.1, 0.15) is 11.5 Å². The van der Waals surface area contributed by atoms with Crippen LogP contribution >= 0.6 is 0 Å². The number of nitrogens with zero attached hydrogens (tertiary/aromatic N) is 6. The summed E-state index contributed by atoms with van der Waals surface area (Å²) in [5, 5.41) is 0. The quantitative estimate of drug-likeness (QED) is 0.718. The first kappa shape index (κ1) is 15.7. The smallest absolute Gasteiger partial charge is 0.180 e. The lowest BCUT2D eigenvalue weighted by Gasteiger charge is -2.26. The van der Waals surface area contributed by atoms with E-state index in [1.165, 1.54) is 12.8 Å². The summed E-state index contributed by atoms with van der Waals surface area (Å²) in [5.74, 6) is 1.72. The highest BCUT2D eigenvalue weighted by Gasteiger charge is 2.26. The lowest BCUT2D eigenvalue weighted by atomic mass is 10.2. The monoisotopic (exact) mass is 334 g/mol. The van der Waals surface area contributed by atoms with E-state index < -0.39 is 0 Å². The summed E-state index contributed by atoms with van der Waals surface area (Å²) in [4.78, 5) is 20.5. The van der Waals surface area contributed by atoms with Gasteiger partial charge in [-0.05, 0) is 31.4 Å². The lowest BCUT2D eigenvalue weighted by Crippen LogP contribution is -2.33. The highest BCUT2D eigenvalue weighted by atomic mass is 15.3. The van der Waals surface area contributed by atoms with Crippen molar-refractivity contribution in [2.45, 2.75) is 38.8 Å². The van der Waals surface area contributed by atoms with Crippen molar-refractivity contribution in [3.8, 4) is 11.5 Å². The Morgan fingerprint density at radius 2 is 2.16 bits per heavy atom. The van der Waals surface area contributed by atoms with Crippen molar-refractivity contribution in [1.29, 1.82) is 0 Å². The maximum atomic E-state index is 4.84. The van der Waals surface area contributed by atoms with Crippen molar-refractivity contribution >= 4 is 5.82 Å². The van der Waals surface area contributed by atoms with Crippen LogP contribution in [0.2, 0.25) is 0 Å². The fourth-order valence-electron chi connectivity index (χ4n) is 3.39. The second-order valence-corrected chi connectivity index (χ2v) is 6.36. The van der Waals surface area contributed by atoms with Gasteiger partial charge >= 0.3 is 0 Å². The summed E-state index contributed by atoms with van der Waals surface area (Å²) in [6, 6.07) is 8.41. The first-order valence-electron chi connectivity index (χ1n) is 8.85. The SMILES string of the molecule is CCc1cc(N2CCCC2Cn2ccnc2)nc(-c2ccccn2)n1. The van der Waals surface area contributed by atoms with Gasteiger partial charge < -0.3 is 9.47 Å². The molecule has 0 spiro atoms. The van der Waals surface area contributed by atoms with Gasteiger partial charge in [0, 0.05) is 49.5 Å². The molecular formula is C19H22N6. The average Bonchev–Trinajstić information content (AvgIpc) is 3.34. The van der Waals surface area contributed by atoms with Gasteiger partial charge in [-0.2, -0.15) is 0 Å². The Labute approximate surface area is 147 Å². The normalized spacial score (nSPS) is 17.2. The molecule has 0 saturated carbocycles. The molecule has 3 aromatic heterocycles. The molecule has 0 aromatic carbocycles. The fraction of sp³-hybridized carbons (Fsp3) is 0.368. The van der Waals surface area contributed by atoms with Crippen LogP contribution in [0.3, 0.4) is 0 Å². The number of imidazole rings is 1. The topological polar surface area (TPSA) is 59.7 Å². The number of hydrogen-bond donors (Lipinski definition) is 0. The van der Waals surface area contributed by atoms with Gasteiger partial charge in [-0.15, -0.1) is 0 Å². The molecule has 4 heterocycles. The van der Waals surface area contributed by atoms with Crippen molar-refractivity contribution in [3.05, 3.63) is 54.9 Å². The third-order valence-corrected chi connectivity index (χ3v) is 4.67. The zero-order chi connectivity index (χ0) is 17.1. The molecule has 1 aliphatic rings. The second-order valence-electron chi connectivity index (χ2n) is 6.36. The Morgan fingerprint density at radius 1 is 1.20 bits per heavy atom. The predicted octanol–water partition coefficient (Wildman–Crippen LogP) is 2.97. The molecule has 0 N–H and O–H groups in total. The van der Waals surface area contributed by atoms with Gasteiger partial charge in [-0.3, -0.25) is 4.98 Å². The van der Waals surface area contributed by atoms with E-state index in [-0.39, 0.29) is 0 Å². The fourth-order valence-corrected chi connectivity index (χ4v) is 3.39. The average molecular weight is 334 g/mol. The lowest BCUT2D eigenvalue weighted by molar-refractivity contribution is 0.547. The molecule has 0 bridgehead atoms. The first-order chi connectivity index (χ1) is 12.3. The van der Waals surface area contributed by atoms with E-state index in [1.807, 2.05) is 36.9 Å². The van der Waals surface area contributed by atoms with E-state index in [0.29, 0.717) is 11.9 Å². The molecular weight excluding hydrogens is 312 g/mol. The third-order valence-electron chi connectivity index (χ3n) is 4.67. The zero-order valence-corrected chi connectivity index (χ0v) is 14.4. The summed E-state index contributed by atoms with van der Waals surface area (Å²) in [6.45, 7) is 4.09. The minimum atomic E-state index is 0.436. The Hall–Kier alpha value is -2.76. The van der Waals surface area contributed by atoms with Crippen LogP contribution in [0.25, 0.3) is 11.5 Å². The second kappa shape index (κ2) is 7.01. The van der Waals surface area contributed by atoms with Crippen LogP contribution in [-0.4, -0.2) is 37.1 Å². The minimum absolute atomic E-state index is 0.436. The summed E-state index contributed by atoms with van der Waals surface area (Å²) in [7, 11) is 0. The largest absolute Gasteiger partial charge is 0.352 e. The van der Waals surface area contributed by atoms with E-state index in [9.17, 15) is 0 Å². The molecule has 3 aromatic rings. The van der Waals surface area contributed by atoms with E-state index in [2.05, 4.69) is 37.4 Å². The van der Waals surface area contributed by atoms with Gasteiger partial charge in [0.25, 0.3) is 0 Å². The Kier molecular flexibility index (Phi) is 4.41. The molecule has 1 aliphatic heterocycles. The number of anilines is 1. The summed E-state index contributed by atoms with van der Waals surface area (Å²) >= 11 is 0. The molecule has 0 amide bonds. The number of aryl methyl sites for hydroxylation is 1. The van der Waals surface area contributed by atoms with Gasteiger partial charge in [0.05, 0.1) is 6.33 Å². The van der Waals surface area contributed by atoms with Crippen LogP contribution in [-0.2, 0) is 13.0 Å². The molecule has 1 atom stereocenters. The van der Waals surface area contributed by atoms with E-state index >= 15 is 0 Å². The van der Waals surface area contributed by atoms with Crippen LogP contribution in [0.15, 0.2) is 49.2 Å². The third kappa shape index (κ3) is 3.38. The van der Waals surface area contributed by atoms with Crippen molar-refractivity contribution in [1.82, 2.24) is 24.5 Å². The highest BCUT2D eigenvalue weighted by molar-refractivity contribution is 5.54. The molecule has 0 aliphatic carbocycles.